The van der Waals surface area contributed by atoms with E-state index >= 15 is 0 Å². The number of benzene rings is 5. The van der Waals surface area contributed by atoms with Gasteiger partial charge in [0.15, 0.2) is 16.7 Å². The molecule has 11 rings (SSSR count). The zero-order valence-electron chi connectivity index (χ0n) is 27.0. The van der Waals surface area contributed by atoms with Crippen molar-refractivity contribution >= 4 is 66.2 Å². The minimum atomic E-state index is 0.758. The lowest BCUT2D eigenvalue weighted by Gasteiger charge is -2.12. The summed E-state index contributed by atoms with van der Waals surface area (Å²) in [5, 5.41) is 3.00. The van der Waals surface area contributed by atoms with Crippen LogP contribution < -0.4 is 0 Å². The molecule has 0 saturated carbocycles. The molecule has 0 N–H and O–H groups in total. The summed E-state index contributed by atoms with van der Waals surface area (Å²) in [6, 6.07) is 45.5. The van der Waals surface area contributed by atoms with Gasteiger partial charge in [0, 0.05) is 51.4 Å². The molecule has 0 atom stereocenters. The van der Waals surface area contributed by atoms with E-state index in [0.717, 1.165) is 111 Å². The molecule has 0 bridgehead atoms. The van der Waals surface area contributed by atoms with Crippen LogP contribution >= 0.6 is 0 Å². The zero-order valence-corrected chi connectivity index (χ0v) is 27.0. The second-order valence-corrected chi connectivity index (χ2v) is 12.8. The minimum Gasteiger partial charge on any atom is -0.454 e. The van der Waals surface area contributed by atoms with E-state index in [-0.39, 0.29) is 0 Å². The summed E-state index contributed by atoms with van der Waals surface area (Å²) in [5.41, 5.74) is 15.5. The first-order valence-electron chi connectivity index (χ1n) is 16.8. The molecular formula is C45H25N3O3. The van der Waals surface area contributed by atoms with Crippen molar-refractivity contribution in [3.63, 3.8) is 0 Å². The van der Waals surface area contributed by atoms with Crippen LogP contribution in [0.3, 0.4) is 0 Å². The average molecular weight is 656 g/mol. The number of pyridine rings is 3. The lowest BCUT2D eigenvalue weighted by molar-refractivity contribution is 0.669. The van der Waals surface area contributed by atoms with Gasteiger partial charge < -0.3 is 13.3 Å². The molecule has 5 aromatic carbocycles. The van der Waals surface area contributed by atoms with E-state index < -0.39 is 0 Å². The third-order valence-electron chi connectivity index (χ3n) is 9.86. The predicted octanol–water partition coefficient (Wildman–Crippen LogP) is 12.2. The highest BCUT2D eigenvalue weighted by molar-refractivity contribution is 6.10. The number of rotatable bonds is 4. The lowest BCUT2D eigenvalue weighted by atomic mass is 9.92. The topological polar surface area (TPSA) is 78.1 Å². The minimum absolute atomic E-state index is 0.758. The highest BCUT2D eigenvalue weighted by Crippen LogP contribution is 2.42. The van der Waals surface area contributed by atoms with Crippen molar-refractivity contribution in [3.05, 3.63) is 152 Å². The van der Waals surface area contributed by atoms with Crippen LogP contribution in [0, 0.1) is 0 Å². The van der Waals surface area contributed by atoms with Crippen LogP contribution in [0.2, 0.25) is 0 Å². The fourth-order valence-corrected chi connectivity index (χ4v) is 7.44. The van der Waals surface area contributed by atoms with Crippen LogP contribution in [0.4, 0.5) is 0 Å². The summed E-state index contributed by atoms with van der Waals surface area (Å²) < 4.78 is 19.2. The molecule has 6 heterocycles. The Balaban J connectivity index is 1.11. The first kappa shape index (κ1) is 27.9. The second kappa shape index (κ2) is 10.7. The van der Waals surface area contributed by atoms with E-state index in [1.54, 1.807) is 0 Å². The van der Waals surface area contributed by atoms with Gasteiger partial charge in [-0.3, -0.25) is 15.0 Å². The summed E-state index contributed by atoms with van der Waals surface area (Å²) in [4.78, 5) is 14.1. The van der Waals surface area contributed by atoms with Crippen molar-refractivity contribution in [3.8, 4) is 44.5 Å². The summed E-state index contributed by atoms with van der Waals surface area (Å²) in [5.74, 6) is 0. The van der Waals surface area contributed by atoms with Crippen LogP contribution in [0.25, 0.3) is 111 Å². The van der Waals surface area contributed by atoms with E-state index in [2.05, 4.69) is 65.6 Å². The highest BCUT2D eigenvalue weighted by atomic mass is 16.3. The molecule has 0 aliphatic carbocycles. The Morgan fingerprint density at radius 2 is 0.667 bits per heavy atom. The van der Waals surface area contributed by atoms with Crippen LogP contribution in [-0.4, -0.2) is 15.0 Å². The predicted molar refractivity (Wildman–Crippen MR) is 203 cm³/mol. The number of para-hydroxylation sites is 3. The highest BCUT2D eigenvalue weighted by Gasteiger charge is 2.19. The van der Waals surface area contributed by atoms with Gasteiger partial charge >= 0.3 is 0 Å². The summed E-state index contributed by atoms with van der Waals surface area (Å²) in [6.07, 6.45) is 5.57. The molecule has 51 heavy (non-hydrogen) atoms. The normalized spacial score (nSPS) is 11.9. The molecular weight excluding hydrogens is 631 g/mol. The van der Waals surface area contributed by atoms with E-state index in [9.17, 15) is 0 Å². The molecule has 0 aliphatic rings. The van der Waals surface area contributed by atoms with Crippen LogP contribution in [0.5, 0.6) is 0 Å². The van der Waals surface area contributed by atoms with Crippen molar-refractivity contribution < 1.29 is 13.3 Å². The quantitative estimate of drug-likeness (QED) is 0.188. The largest absolute Gasteiger partial charge is 0.454 e. The van der Waals surface area contributed by atoms with Gasteiger partial charge in [-0.25, -0.2) is 0 Å². The van der Waals surface area contributed by atoms with Gasteiger partial charge in [0.2, 0.25) is 0 Å². The maximum Gasteiger partial charge on any atom is 0.161 e. The van der Waals surface area contributed by atoms with Gasteiger partial charge in [0.05, 0.1) is 0 Å². The summed E-state index contributed by atoms with van der Waals surface area (Å²) in [7, 11) is 0. The monoisotopic (exact) mass is 655 g/mol. The molecule has 0 aliphatic heterocycles. The van der Waals surface area contributed by atoms with Crippen molar-refractivity contribution in [2.75, 3.05) is 0 Å². The average Bonchev–Trinajstić information content (AvgIpc) is 3.89. The Bertz CT molecular complexity index is 3020. The maximum atomic E-state index is 6.46. The van der Waals surface area contributed by atoms with Crippen molar-refractivity contribution in [2.45, 2.75) is 0 Å². The van der Waals surface area contributed by atoms with Gasteiger partial charge in [0.25, 0.3) is 0 Å². The number of hydrogen-bond acceptors (Lipinski definition) is 6. The smallest absolute Gasteiger partial charge is 0.161 e. The standard InChI is InChI=1S/C45H25N3O3/c1-4-10-37-34(7-1)40-43(49-37)31(17-20-46-40)27-15-13-26(14-16-27)28-23-29(32-18-21-47-41-35-8-2-5-11-38(35)50-44(32)41)25-30(24-28)33-19-22-48-42-36-9-3-6-12-39(36)51-45(33)42/h1-25H. The van der Waals surface area contributed by atoms with E-state index in [1.807, 2.05) is 91.4 Å². The van der Waals surface area contributed by atoms with E-state index in [1.165, 1.54) is 0 Å². The number of furan rings is 3. The Kier molecular flexibility index (Phi) is 5.86. The van der Waals surface area contributed by atoms with Crippen LogP contribution in [0.1, 0.15) is 0 Å². The van der Waals surface area contributed by atoms with Crippen LogP contribution in [0.15, 0.2) is 165 Å². The van der Waals surface area contributed by atoms with Crippen molar-refractivity contribution in [2.24, 2.45) is 0 Å². The molecule has 0 spiro atoms. The molecule has 0 fully saturated rings. The van der Waals surface area contributed by atoms with E-state index in [4.69, 9.17) is 23.2 Å². The molecule has 0 unspecified atom stereocenters. The summed E-state index contributed by atoms with van der Waals surface area (Å²) in [6.45, 7) is 0. The fourth-order valence-electron chi connectivity index (χ4n) is 7.44. The Morgan fingerprint density at radius 3 is 1.10 bits per heavy atom. The number of fused-ring (bicyclic) bond motifs is 9. The second-order valence-electron chi connectivity index (χ2n) is 12.8. The Hall–Kier alpha value is -7.05. The molecule has 0 radical (unpaired) electrons. The molecule has 11 aromatic rings. The number of aromatic nitrogens is 3. The molecule has 6 nitrogen and oxygen atoms in total. The first-order valence-corrected chi connectivity index (χ1v) is 16.8. The zero-order chi connectivity index (χ0) is 33.5. The third kappa shape index (κ3) is 4.26. The molecule has 0 saturated heterocycles. The van der Waals surface area contributed by atoms with Gasteiger partial charge in [-0.2, -0.15) is 0 Å². The number of nitrogens with zero attached hydrogens (tertiary/aromatic N) is 3. The van der Waals surface area contributed by atoms with Crippen molar-refractivity contribution in [1.82, 2.24) is 15.0 Å². The van der Waals surface area contributed by atoms with Crippen molar-refractivity contribution in [1.29, 1.82) is 0 Å². The first-order chi connectivity index (χ1) is 25.3. The van der Waals surface area contributed by atoms with Gasteiger partial charge in [-0.1, -0.05) is 60.7 Å². The summed E-state index contributed by atoms with van der Waals surface area (Å²) >= 11 is 0. The molecule has 0 amide bonds. The Labute approximate surface area is 290 Å². The maximum absolute atomic E-state index is 6.46. The Morgan fingerprint density at radius 1 is 0.314 bits per heavy atom. The van der Waals surface area contributed by atoms with Gasteiger partial charge in [-0.15, -0.1) is 0 Å². The lowest BCUT2D eigenvalue weighted by Crippen LogP contribution is -1.89. The van der Waals surface area contributed by atoms with Gasteiger partial charge in [0.1, 0.15) is 33.3 Å². The SMILES string of the molecule is c1ccc2c(c1)oc1c(-c3ccc(-c4cc(-c5ccnc6c5oc5ccccc56)cc(-c5ccnc6c5oc5ccccc56)c4)cc3)ccnc12. The van der Waals surface area contributed by atoms with E-state index in [0.29, 0.717) is 0 Å². The molecule has 6 aromatic heterocycles. The molecule has 6 heteroatoms. The fraction of sp³-hybridized carbons (Fsp3) is 0. The third-order valence-corrected chi connectivity index (χ3v) is 9.86. The van der Waals surface area contributed by atoms with Gasteiger partial charge in [-0.05, 0) is 101 Å². The molecule has 238 valence electrons. The van der Waals surface area contributed by atoms with Crippen LogP contribution in [-0.2, 0) is 0 Å². The number of hydrogen-bond donors (Lipinski definition) is 0.